The van der Waals surface area contributed by atoms with Crippen molar-refractivity contribution in [3.8, 4) is 0 Å². The summed E-state index contributed by atoms with van der Waals surface area (Å²) in [5.74, 6) is -0.306. The molecule has 0 saturated carbocycles. The van der Waals surface area contributed by atoms with E-state index in [1.807, 2.05) is 18.7 Å². The highest BCUT2D eigenvalue weighted by Crippen LogP contribution is 2.23. The molecule has 2 aliphatic heterocycles. The Balaban J connectivity index is 1.44. The fraction of sp³-hybridized carbons (Fsp3) is 0.545. The Kier molecular flexibility index (Phi) is 6.67. The van der Waals surface area contributed by atoms with Gasteiger partial charge in [0, 0.05) is 45.1 Å². The molecule has 0 atom stereocenters. The van der Waals surface area contributed by atoms with Gasteiger partial charge in [0.25, 0.3) is 11.8 Å². The minimum atomic E-state index is -0.286. The van der Waals surface area contributed by atoms with E-state index in [9.17, 15) is 19.2 Å². The van der Waals surface area contributed by atoms with E-state index >= 15 is 0 Å². The molecule has 0 aliphatic carbocycles. The molecular weight excluding hydrogens is 370 g/mol. The van der Waals surface area contributed by atoms with Crippen molar-refractivity contribution in [2.75, 3.05) is 32.7 Å². The van der Waals surface area contributed by atoms with E-state index < -0.39 is 0 Å². The number of amides is 4. The van der Waals surface area contributed by atoms with E-state index in [1.165, 1.54) is 4.90 Å². The summed E-state index contributed by atoms with van der Waals surface area (Å²) in [6.07, 6.45) is 2.41. The van der Waals surface area contributed by atoms with E-state index in [-0.39, 0.29) is 42.5 Å². The second-order valence-electron chi connectivity index (χ2n) is 7.63. The quantitative estimate of drug-likeness (QED) is 0.659. The highest BCUT2D eigenvalue weighted by Gasteiger charge is 2.35. The summed E-state index contributed by atoms with van der Waals surface area (Å²) >= 11 is 0. The molecule has 0 N–H and O–H groups in total. The van der Waals surface area contributed by atoms with Crippen molar-refractivity contribution < 1.29 is 19.2 Å². The molecule has 0 spiro atoms. The number of piperazine rings is 1. The molecule has 7 heteroatoms. The smallest absolute Gasteiger partial charge is 0.261 e. The van der Waals surface area contributed by atoms with E-state index in [2.05, 4.69) is 0 Å². The highest BCUT2D eigenvalue weighted by atomic mass is 16.2. The predicted molar refractivity (Wildman–Crippen MR) is 108 cm³/mol. The van der Waals surface area contributed by atoms with Crippen LogP contribution in [-0.2, 0) is 9.59 Å². The summed E-state index contributed by atoms with van der Waals surface area (Å²) in [7, 11) is 0. The third-order valence-corrected chi connectivity index (χ3v) is 5.93. The van der Waals surface area contributed by atoms with Gasteiger partial charge in [-0.05, 0) is 31.4 Å². The van der Waals surface area contributed by atoms with E-state index in [1.54, 1.807) is 29.2 Å². The second kappa shape index (κ2) is 9.20. The van der Waals surface area contributed by atoms with Gasteiger partial charge in [-0.25, -0.2) is 0 Å². The minimum Gasteiger partial charge on any atom is -0.339 e. The molecule has 2 aliphatic rings. The lowest BCUT2D eigenvalue weighted by Crippen LogP contribution is -2.52. The standard InChI is InChI=1S/C22H29N3O4/c1-3-16(4-2)20(27)24-14-12-23(13-15-24)19(26)10-7-11-25-21(28)17-8-5-6-9-18(17)22(25)29/h5-6,8-9,16H,3-4,7,10-15H2,1-2H3. The lowest BCUT2D eigenvalue weighted by atomic mass is 10.0. The minimum absolute atomic E-state index is 0.0104. The van der Waals surface area contributed by atoms with Gasteiger partial charge >= 0.3 is 0 Å². The zero-order valence-electron chi connectivity index (χ0n) is 17.2. The molecule has 0 bridgehead atoms. The SMILES string of the molecule is CCC(CC)C(=O)N1CCN(C(=O)CCCN2C(=O)c3ccccc3C2=O)CC1. The molecule has 4 amide bonds. The molecule has 2 heterocycles. The number of hydrogen-bond donors (Lipinski definition) is 0. The first-order chi connectivity index (χ1) is 14.0. The van der Waals surface area contributed by atoms with Crippen molar-refractivity contribution in [1.82, 2.24) is 14.7 Å². The molecule has 29 heavy (non-hydrogen) atoms. The van der Waals surface area contributed by atoms with Crippen LogP contribution in [0.1, 0.15) is 60.2 Å². The van der Waals surface area contributed by atoms with Crippen molar-refractivity contribution in [2.45, 2.75) is 39.5 Å². The monoisotopic (exact) mass is 399 g/mol. The van der Waals surface area contributed by atoms with E-state index in [0.29, 0.717) is 43.7 Å². The number of fused-ring (bicyclic) bond motifs is 1. The van der Waals surface area contributed by atoms with Crippen LogP contribution >= 0.6 is 0 Å². The molecule has 3 rings (SSSR count). The van der Waals surface area contributed by atoms with Gasteiger partial charge < -0.3 is 9.80 Å². The molecule has 1 aromatic carbocycles. The number of imide groups is 1. The highest BCUT2D eigenvalue weighted by molar-refractivity contribution is 6.21. The van der Waals surface area contributed by atoms with Gasteiger partial charge in [0.2, 0.25) is 11.8 Å². The maximum absolute atomic E-state index is 12.5. The Morgan fingerprint density at radius 2 is 1.41 bits per heavy atom. The van der Waals surface area contributed by atoms with Gasteiger partial charge in [-0.3, -0.25) is 24.1 Å². The predicted octanol–water partition coefficient (Wildman–Crippen LogP) is 2.17. The van der Waals surface area contributed by atoms with Gasteiger partial charge in [-0.15, -0.1) is 0 Å². The summed E-state index contributed by atoms with van der Waals surface area (Å²) in [5, 5.41) is 0. The van der Waals surface area contributed by atoms with Crippen LogP contribution in [-0.4, -0.2) is 71.1 Å². The summed E-state index contributed by atoms with van der Waals surface area (Å²) in [6, 6.07) is 6.79. The summed E-state index contributed by atoms with van der Waals surface area (Å²) in [6.45, 7) is 6.51. The van der Waals surface area contributed by atoms with Crippen LogP contribution in [0.5, 0.6) is 0 Å². The lowest BCUT2D eigenvalue weighted by molar-refractivity contribution is -0.142. The molecule has 1 aromatic rings. The van der Waals surface area contributed by atoms with Crippen LogP contribution in [0, 0.1) is 5.92 Å². The summed E-state index contributed by atoms with van der Waals surface area (Å²) in [4.78, 5) is 54.6. The van der Waals surface area contributed by atoms with Crippen LogP contribution in [0.2, 0.25) is 0 Å². The van der Waals surface area contributed by atoms with Crippen molar-refractivity contribution in [3.63, 3.8) is 0 Å². The lowest BCUT2D eigenvalue weighted by Gasteiger charge is -2.36. The largest absolute Gasteiger partial charge is 0.339 e. The average molecular weight is 399 g/mol. The zero-order chi connectivity index (χ0) is 21.0. The second-order valence-corrected chi connectivity index (χ2v) is 7.63. The number of carbonyl (C=O) groups is 4. The van der Waals surface area contributed by atoms with Crippen molar-refractivity contribution in [3.05, 3.63) is 35.4 Å². The van der Waals surface area contributed by atoms with Crippen LogP contribution in [0.15, 0.2) is 24.3 Å². The summed E-state index contributed by atoms with van der Waals surface area (Å²) < 4.78 is 0. The molecule has 0 unspecified atom stereocenters. The molecular formula is C22H29N3O4. The first-order valence-electron chi connectivity index (χ1n) is 10.5. The molecule has 1 fully saturated rings. The van der Waals surface area contributed by atoms with Crippen molar-refractivity contribution >= 4 is 23.6 Å². The summed E-state index contributed by atoms with van der Waals surface area (Å²) in [5.41, 5.74) is 0.865. The Labute approximate surface area is 171 Å². The first-order valence-corrected chi connectivity index (χ1v) is 10.5. The molecule has 7 nitrogen and oxygen atoms in total. The topological polar surface area (TPSA) is 78.0 Å². The molecule has 156 valence electrons. The van der Waals surface area contributed by atoms with Crippen molar-refractivity contribution in [1.29, 1.82) is 0 Å². The third-order valence-electron chi connectivity index (χ3n) is 5.93. The Bertz CT molecular complexity index is 760. The molecule has 1 saturated heterocycles. The van der Waals surface area contributed by atoms with Gasteiger partial charge in [0.05, 0.1) is 11.1 Å². The van der Waals surface area contributed by atoms with E-state index in [0.717, 1.165) is 12.8 Å². The van der Waals surface area contributed by atoms with Crippen LogP contribution in [0.4, 0.5) is 0 Å². The van der Waals surface area contributed by atoms with Gasteiger partial charge in [-0.2, -0.15) is 0 Å². The number of benzene rings is 1. The Morgan fingerprint density at radius 3 is 1.93 bits per heavy atom. The Morgan fingerprint density at radius 1 is 0.897 bits per heavy atom. The number of hydrogen-bond acceptors (Lipinski definition) is 4. The Hall–Kier alpha value is -2.70. The normalized spacial score (nSPS) is 16.6. The number of nitrogens with zero attached hydrogens (tertiary/aromatic N) is 3. The fourth-order valence-corrected chi connectivity index (χ4v) is 4.06. The van der Waals surface area contributed by atoms with E-state index in [4.69, 9.17) is 0 Å². The molecule has 0 aromatic heterocycles. The van der Waals surface area contributed by atoms with Crippen molar-refractivity contribution in [2.24, 2.45) is 5.92 Å². The third kappa shape index (κ3) is 4.33. The van der Waals surface area contributed by atoms with Crippen LogP contribution < -0.4 is 0 Å². The maximum Gasteiger partial charge on any atom is 0.261 e. The number of rotatable bonds is 7. The zero-order valence-corrected chi connectivity index (χ0v) is 17.2. The number of carbonyl (C=O) groups excluding carboxylic acids is 4. The first kappa shape index (κ1) is 21.0. The maximum atomic E-state index is 12.5. The fourth-order valence-electron chi connectivity index (χ4n) is 4.06. The van der Waals surface area contributed by atoms with Gasteiger partial charge in [0.1, 0.15) is 0 Å². The van der Waals surface area contributed by atoms with Crippen LogP contribution in [0.25, 0.3) is 0 Å². The van der Waals surface area contributed by atoms with Crippen LogP contribution in [0.3, 0.4) is 0 Å². The van der Waals surface area contributed by atoms with Gasteiger partial charge in [0.15, 0.2) is 0 Å². The molecule has 0 radical (unpaired) electrons. The average Bonchev–Trinajstić information content (AvgIpc) is 2.99. The van der Waals surface area contributed by atoms with Gasteiger partial charge in [-0.1, -0.05) is 26.0 Å².